The minimum Gasteiger partial charge on any atom is -0.492 e. The van der Waals surface area contributed by atoms with Gasteiger partial charge in [0.1, 0.15) is 17.0 Å². The highest BCUT2D eigenvalue weighted by Crippen LogP contribution is 2.32. The molecule has 0 aliphatic heterocycles. The SMILES string of the molecule is CCOc1cccc2sc(NC(=O)CCCOc3ccc(Cl)cc3Cl)nc12. The number of thiazole rings is 1. The van der Waals surface area contributed by atoms with Crippen molar-refractivity contribution in [3.8, 4) is 11.5 Å². The lowest BCUT2D eigenvalue weighted by atomic mass is 10.3. The number of amides is 1. The van der Waals surface area contributed by atoms with E-state index in [1.165, 1.54) is 11.3 Å². The zero-order valence-corrected chi connectivity index (χ0v) is 17.0. The maximum atomic E-state index is 12.1. The monoisotopic (exact) mass is 424 g/mol. The van der Waals surface area contributed by atoms with Crippen molar-refractivity contribution in [1.29, 1.82) is 0 Å². The molecule has 0 aliphatic carbocycles. The highest BCUT2D eigenvalue weighted by Gasteiger charge is 2.11. The van der Waals surface area contributed by atoms with Gasteiger partial charge in [-0.05, 0) is 43.7 Å². The van der Waals surface area contributed by atoms with Gasteiger partial charge in [-0.1, -0.05) is 40.6 Å². The molecule has 0 bridgehead atoms. The van der Waals surface area contributed by atoms with Crippen LogP contribution in [0.1, 0.15) is 19.8 Å². The van der Waals surface area contributed by atoms with Crippen LogP contribution >= 0.6 is 34.5 Å². The zero-order chi connectivity index (χ0) is 19.2. The molecular weight excluding hydrogens is 407 g/mol. The molecule has 8 heteroatoms. The highest BCUT2D eigenvalue weighted by molar-refractivity contribution is 7.22. The second-order valence-electron chi connectivity index (χ2n) is 5.63. The molecule has 0 radical (unpaired) electrons. The Bertz CT molecular complexity index is 946. The number of hydrogen-bond acceptors (Lipinski definition) is 5. The predicted octanol–water partition coefficient (Wildman–Crippen LogP) is 5.80. The molecule has 0 saturated carbocycles. The quantitative estimate of drug-likeness (QED) is 0.464. The van der Waals surface area contributed by atoms with Crippen LogP contribution < -0.4 is 14.8 Å². The van der Waals surface area contributed by atoms with Crippen molar-refractivity contribution >= 4 is 55.8 Å². The van der Waals surface area contributed by atoms with Gasteiger partial charge in [0, 0.05) is 11.4 Å². The zero-order valence-electron chi connectivity index (χ0n) is 14.6. The van der Waals surface area contributed by atoms with Crippen molar-refractivity contribution < 1.29 is 14.3 Å². The van der Waals surface area contributed by atoms with Crippen molar-refractivity contribution in [2.45, 2.75) is 19.8 Å². The van der Waals surface area contributed by atoms with Gasteiger partial charge in [-0.2, -0.15) is 0 Å². The van der Waals surface area contributed by atoms with Crippen molar-refractivity contribution in [2.24, 2.45) is 0 Å². The molecule has 0 saturated heterocycles. The molecule has 1 heterocycles. The van der Waals surface area contributed by atoms with Gasteiger partial charge >= 0.3 is 0 Å². The van der Waals surface area contributed by atoms with Gasteiger partial charge in [-0.25, -0.2) is 4.98 Å². The fourth-order valence-electron chi connectivity index (χ4n) is 2.44. The Morgan fingerprint density at radius 2 is 2.04 bits per heavy atom. The van der Waals surface area contributed by atoms with Crippen LogP contribution in [0.25, 0.3) is 10.2 Å². The molecule has 142 valence electrons. The number of nitrogens with zero attached hydrogens (tertiary/aromatic N) is 1. The van der Waals surface area contributed by atoms with Crippen molar-refractivity contribution in [1.82, 2.24) is 4.98 Å². The van der Waals surface area contributed by atoms with Gasteiger partial charge in [0.2, 0.25) is 5.91 Å². The Morgan fingerprint density at radius 3 is 2.81 bits per heavy atom. The lowest BCUT2D eigenvalue weighted by Gasteiger charge is -2.08. The minimum atomic E-state index is -0.113. The van der Waals surface area contributed by atoms with E-state index >= 15 is 0 Å². The summed E-state index contributed by atoms with van der Waals surface area (Å²) in [6.07, 6.45) is 0.874. The number of anilines is 1. The third-order valence-corrected chi connectivity index (χ3v) is 5.09. The van der Waals surface area contributed by atoms with E-state index in [1.807, 2.05) is 25.1 Å². The van der Waals surface area contributed by atoms with Crippen LogP contribution in [0.5, 0.6) is 11.5 Å². The summed E-state index contributed by atoms with van der Waals surface area (Å²) in [5, 5.41) is 4.39. The van der Waals surface area contributed by atoms with E-state index in [0.717, 1.165) is 16.0 Å². The van der Waals surface area contributed by atoms with E-state index in [0.29, 0.717) is 47.0 Å². The van der Waals surface area contributed by atoms with Gasteiger partial charge in [0.25, 0.3) is 0 Å². The Kier molecular flexibility index (Phi) is 6.77. The maximum absolute atomic E-state index is 12.1. The van der Waals surface area contributed by atoms with Gasteiger partial charge in [0.05, 0.1) is 22.9 Å². The summed E-state index contributed by atoms with van der Waals surface area (Å²) in [6, 6.07) is 10.8. The van der Waals surface area contributed by atoms with Crippen LogP contribution in [0.15, 0.2) is 36.4 Å². The van der Waals surface area contributed by atoms with E-state index < -0.39 is 0 Å². The van der Waals surface area contributed by atoms with Gasteiger partial charge in [-0.3, -0.25) is 4.79 Å². The molecule has 0 aliphatic rings. The number of carbonyl (C=O) groups is 1. The van der Waals surface area contributed by atoms with Crippen molar-refractivity contribution in [3.05, 3.63) is 46.4 Å². The minimum absolute atomic E-state index is 0.113. The fraction of sp³-hybridized carbons (Fsp3) is 0.263. The Hall–Kier alpha value is -2.02. The molecule has 27 heavy (non-hydrogen) atoms. The Labute approximate surface area is 171 Å². The first-order valence-electron chi connectivity index (χ1n) is 8.47. The van der Waals surface area contributed by atoms with Gasteiger partial charge < -0.3 is 14.8 Å². The number of benzene rings is 2. The molecular formula is C19H18Cl2N2O3S. The molecule has 1 amide bonds. The van der Waals surface area contributed by atoms with Crippen LogP contribution in [-0.4, -0.2) is 24.1 Å². The highest BCUT2D eigenvalue weighted by atomic mass is 35.5. The van der Waals surface area contributed by atoms with Crippen molar-refractivity contribution in [2.75, 3.05) is 18.5 Å². The standard InChI is InChI=1S/C19H18Cl2N2O3S/c1-2-25-15-5-3-6-16-18(15)23-19(27-16)22-17(24)7-4-10-26-14-9-8-12(20)11-13(14)21/h3,5-6,8-9,11H,2,4,7,10H2,1H3,(H,22,23,24). The number of para-hydroxylation sites is 1. The van der Waals surface area contributed by atoms with E-state index in [4.69, 9.17) is 32.7 Å². The van der Waals surface area contributed by atoms with Gasteiger partial charge in [-0.15, -0.1) is 0 Å². The van der Waals surface area contributed by atoms with E-state index in [-0.39, 0.29) is 5.91 Å². The number of fused-ring (bicyclic) bond motifs is 1. The molecule has 0 atom stereocenters. The first-order chi connectivity index (χ1) is 13.1. The van der Waals surface area contributed by atoms with E-state index in [9.17, 15) is 4.79 Å². The molecule has 0 unspecified atom stereocenters. The van der Waals surface area contributed by atoms with Crippen LogP contribution in [-0.2, 0) is 4.79 Å². The summed E-state index contributed by atoms with van der Waals surface area (Å²) >= 11 is 13.3. The fourth-order valence-corrected chi connectivity index (χ4v) is 3.80. The second-order valence-corrected chi connectivity index (χ2v) is 7.50. The average molecular weight is 425 g/mol. The normalized spacial score (nSPS) is 10.8. The topological polar surface area (TPSA) is 60.5 Å². The second kappa shape index (κ2) is 9.26. The molecule has 1 aromatic heterocycles. The number of halogens is 2. The van der Waals surface area contributed by atoms with Crippen LogP contribution in [0.3, 0.4) is 0 Å². The first kappa shape index (κ1) is 19.7. The Morgan fingerprint density at radius 1 is 1.19 bits per heavy atom. The molecule has 3 aromatic rings. The van der Waals surface area contributed by atoms with Crippen LogP contribution in [0, 0.1) is 0 Å². The molecule has 0 spiro atoms. The van der Waals surface area contributed by atoms with Crippen LogP contribution in [0.2, 0.25) is 10.0 Å². The number of aromatic nitrogens is 1. The predicted molar refractivity (Wildman–Crippen MR) is 111 cm³/mol. The molecule has 1 N–H and O–H groups in total. The summed E-state index contributed by atoms with van der Waals surface area (Å²) in [4.78, 5) is 16.6. The summed E-state index contributed by atoms with van der Waals surface area (Å²) in [5.41, 5.74) is 0.764. The summed E-state index contributed by atoms with van der Waals surface area (Å²) in [6.45, 7) is 2.87. The largest absolute Gasteiger partial charge is 0.492 e. The number of rotatable bonds is 8. The summed E-state index contributed by atoms with van der Waals surface area (Å²) in [7, 11) is 0. The van der Waals surface area contributed by atoms with Crippen molar-refractivity contribution in [3.63, 3.8) is 0 Å². The molecule has 0 fully saturated rings. The lowest BCUT2D eigenvalue weighted by Crippen LogP contribution is -2.12. The first-order valence-corrected chi connectivity index (χ1v) is 10.0. The number of ether oxygens (including phenoxy) is 2. The summed E-state index contributed by atoms with van der Waals surface area (Å²) in [5.74, 6) is 1.16. The molecule has 2 aromatic carbocycles. The number of nitrogens with one attached hydrogen (secondary N) is 1. The average Bonchev–Trinajstić information content (AvgIpc) is 3.04. The molecule has 5 nitrogen and oxygen atoms in total. The number of carbonyl (C=O) groups excluding carboxylic acids is 1. The van der Waals surface area contributed by atoms with Crippen LogP contribution in [0.4, 0.5) is 5.13 Å². The lowest BCUT2D eigenvalue weighted by molar-refractivity contribution is -0.116. The van der Waals surface area contributed by atoms with E-state index in [2.05, 4.69) is 10.3 Å². The van der Waals surface area contributed by atoms with E-state index in [1.54, 1.807) is 18.2 Å². The third kappa shape index (κ3) is 5.25. The third-order valence-electron chi connectivity index (χ3n) is 3.63. The molecule has 3 rings (SSSR count). The summed E-state index contributed by atoms with van der Waals surface area (Å²) < 4.78 is 12.1. The van der Waals surface area contributed by atoms with Gasteiger partial charge in [0.15, 0.2) is 5.13 Å². The number of hydrogen-bond donors (Lipinski definition) is 1. The Balaban J connectivity index is 1.50. The smallest absolute Gasteiger partial charge is 0.226 e. The maximum Gasteiger partial charge on any atom is 0.226 e.